The molecule has 0 radical (unpaired) electrons. The first-order valence-electron chi connectivity index (χ1n) is 9.77. The van der Waals surface area contributed by atoms with E-state index in [0.29, 0.717) is 28.2 Å². The molecule has 1 heterocycles. The van der Waals surface area contributed by atoms with Crippen LogP contribution in [0.1, 0.15) is 29.1 Å². The highest BCUT2D eigenvalue weighted by Crippen LogP contribution is 2.26. The van der Waals surface area contributed by atoms with Gasteiger partial charge in [0.25, 0.3) is 5.91 Å². The Bertz CT molecular complexity index is 1190. The monoisotopic (exact) mass is 551 g/mol. The Labute approximate surface area is 207 Å². The number of hydrogen-bond acceptors (Lipinski definition) is 5. The molecule has 33 heavy (non-hydrogen) atoms. The predicted octanol–water partition coefficient (Wildman–Crippen LogP) is 5.24. The molecule has 1 aromatic heterocycles. The van der Waals surface area contributed by atoms with Gasteiger partial charge in [-0.15, -0.1) is 16.8 Å². The summed E-state index contributed by atoms with van der Waals surface area (Å²) in [4.78, 5) is 24.8. The molecular weight excluding hydrogens is 533 g/mol. The van der Waals surface area contributed by atoms with Gasteiger partial charge in [0.05, 0.1) is 22.4 Å². The number of aromatic nitrogens is 3. The van der Waals surface area contributed by atoms with Gasteiger partial charge in [-0.3, -0.25) is 9.59 Å². The second kappa shape index (κ2) is 11.4. The van der Waals surface area contributed by atoms with Crippen LogP contribution in [0.2, 0.25) is 5.02 Å². The fourth-order valence-electron chi connectivity index (χ4n) is 2.91. The number of carbonyl (C=O) groups is 2. The minimum atomic E-state index is -0.607. The molecule has 2 aromatic carbocycles. The van der Waals surface area contributed by atoms with E-state index in [1.54, 1.807) is 41.8 Å². The fraction of sp³-hybridized carbons (Fsp3) is 0.182. The van der Waals surface area contributed by atoms with E-state index in [0.717, 1.165) is 4.47 Å². The van der Waals surface area contributed by atoms with E-state index in [4.69, 9.17) is 11.6 Å². The van der Waals surface area contributed by atoms with Gasteiger partial charge in [0.1, 0.15) is 5.82 Å². The standard InChI is InChI=1S/C22H20BrClFN5O2S/c1-3-10-30-20(13(2)26-21(32)15-6-4-5-7-18(15)25)28-29-22(30)33-12-19(31)27-14-8-9-16(23)17(24)11-14/h3-9,11,13H,1,10,12H2,2H3,(H,26,32)(H,27,31). The number of nitrogens with zero attached hydrogens (tertiary/aromatic N) is 3. The van der Waals surface area contributed by atoms with E-state index in [2.05, 4.69) is 43.3 Å². The number of carbonyl (C=O) groups excluding carboxylic acids is 2. The molecule has 0 aliphatic heterocycles. The molecule has 0 fully saturated rings. The molecule has 172 valence electrons. The molecule has 1 atom stereocenters. The van der Waals surface area contributed by atoms with Crippen LogP contribution in [0.25, 0.3) is 0 Å². The van der Waals surface area contributed by atoms with Gasteiger partial charge in [0.2, 0.25) is 5.91 Å². The van der Waals surface area contributed by atoms with E-state index in [1.807, 2.05) is 0 Å². The molecule has 2 amide bonds. The lowest BCUT2D eigenvalue weighted by Crippen LogP contribution is -2.29. The summed E-state index contributed by atoms with van der Waals surface area (Å²) in [5.41, 5.74) is 0.518. The molecule has 3 aromatic rings. The second-order valence-corrected chi connectivity index (χ2v) is 9.08. The fourth-order valence-corrected chi connectivity index (χ4v) is 4.10. The Hall–Kier alpha value is -2.69. The number of allylic oxidation sites excluding steroid dienone is 1. The normalized spacial score (nSPS) is 11.6. The average molecular weight is 553 g/mol. The molecule has 7 nitrogen and oxygen atoms in total. The number of halogens is 3. The van der Waals surface area contributed by atoms with Gasteiger partial charge in [-0.1, -0.05) is 41.6 Å². The third-order valence-electron chi connectivity index (χ3n) is 4.45. The van der Waals surface area contributed by atoms with Crippen molar-refractivity contribution in [1.29, 1.82) is 0 Å². The lowest BCUT2D eigenvalue weighted by atomic mass is 10.2. The maximum absolute atomic E-state index is 13.9. The Kier molecular flexibility index (Phi) is 8.65. The minimum absolute atomic E-state index is 0.0570. The van der Waals surface area contributed by atoms with Gasteiger partial charge in [-0.05, 0) is 53.2 Å². The van der Waals surface area contributed by atoms with Gasteiger partial charge >= 0.3 is 0 Å². The number of nitrogens with one attached hydrogen (secondary N) is 2. The Balaban J connectivity index is 1.67. The Morgan fingerprint density at radius 3 is 2.76 bits per heavy atom. The van der Waals surface area contributed by atoms with Crippen LogP contribution in [0.5, 0.6) is 0 Å². The number of amides is 2. The van der Waals surface area contributed by atoms with Crippen LogP contribution in [0.4, 0.5) is 10.1 Å². The van der Waals surface area contributed by atoms with Gasteiger partial charge in [-0.2, -0.15) is 0 Å². The summed E-state index contributed by atoms with van der Waals surface area (Å²) in [6, 6.07) is 10.3. The molecule has 1 unspecified atom stereocenters. The number of rotatable bonds is 9. The number of anilines is 1. The number of benzene rings is 2. The van der Waals surface area contributed by atoms with Gasteiger partial charge in [-0.25, -0.2) is 4.39 Å². The summed E-state index contributed by atoms with van der Waals surface area (Å²) in [7, 11) is 0. The van der Waals surface area contributed by atoms with E-state index in [-0.39, 0.29) is 17.2 Å². The maximum Gasteiger partial charge on any atom is 0.254 e. The predicted molar refractivity (Wildman–Crippen MR) is 131 cm³/mol. The van der Waals surface area contributed by atoms with Crippen molar-refractivity contribution < 1.29 is 14.0 Å². The third kappa shape index (κ3) is 6.43. The maximum atomic E-state index is 13.9. The highest BCUT2D eigenvalue weighted by Gasteiger charge is 2.21. The van der Waals surface area contributed by atoms with Crippen LogP contribution < -0.4 is 10.6 Å². The van der Waals surface area contributed by atoms with E-state index in [1.165, 1.54) is 30.0 Å². The molecule has 2 N–H and O–H groups in total. The summed E-state index contributed by atoms with van der Waals surface area (Å²) in [5.74, 6) is -0.866. The van der Waals surface area contributed by atoms with Crippen LogP contribution in [0.3, 0.4) is 0 Å². The summed E-state index contributed by atoms with van der Waals surface area (Å²) in [6.45, 7) is 5.84. The van der Waals surface area contributed by atoms with Crippen molar-refractivity contribution in [3.05, 3.63) is 81.8 Å². The quantitative estimate of drug-likeness (QED) is 0.280. The summed E-state index contributed by atoms with van der Waals surface area (Å²) >= 11 is 10.6. The summed E-state index contributed by atoms with van der Waals surface area (Å²) < 4.78 is 16.4. The molecular formula is C22H20BrClFN5O2S. The van der Waals surface area contributed by atoms with Crippen LogP contribution in [0.15, 0.2) is 64.7 Å². The van der Waals surface area contributed by atoms with E-state index >= 15 is 0 Å². The molecule has 0 saturated carbocycles. The first kappa shape index (κ1) is 24.9. The first-order chi connectivity index (χ1) is 15.8. The van der Waals surface area contributed by atoms with Crippen molar-refractivity contribution in [3.63, 3.8) is 0 Å². The number of hydrogen-bond donors (Lipinski definition) is 2. The SMILES string of the molecule is C=CCn1c(SCC(=O)Nc2ccc(Br)c(Cl)c2)nnc1C(C)NC(=O)c1ccccc1F. The highest BCUT2D eigenvalue weighted by atomic mass is 79.9. The molecule has 0 aliphatic carbocycles. The van der Waals surface area contributed by atoms with Gasteiger partial charge < -0.3 is 15.2 Å². The first-order valence-corrected chi connectivity index (χ1v) is 11.9. The molecule has 0 saturated heterocycles. The third-order valence-corrected chi connectivity index (χ3v) is 6.65. The van der Waals surface area contributed by atoms with E-state index < -0.39 is 17.8 Å². The molecule has 0 aliphatic rings. The zero-order chi connectivity index (χ0) is 24.0. The van der Waals surface area contributed by atoms with E-state index in [9.17, 15) is 14.0 Å². The highest BCUT2D eigenvalue weighted by molar-refractivity contribution is 9.10. The Morgan fingerprint density at radius 2 is 2.06 bits per heavy atom. The van der Waals surface area contributed by atoms with Crippen molar-refractivity contribution in [3.8, 4) is 0 Å². The lowest BCUT2D eigenvalue weighted by Gasteiger charge is -2.15. The molecule has 0 spiro atoms. The summed E-state index contributed by atoms with van der Waals surface area (Å²) in [6.07, 6.45) is 1.66. The summed E-state index contributed by atoms with van der Waals surface area (Å²) in [5, 5.41) is 14.8. The average Bonchev–Trinajstić information content (AvgIpc) is 3.18. The van der Waals surface area contributed by atoms with Gasteiger partial charge in [0.15, 0.2) is 11.0 Å². The van der Waals surface area contributed by atoms with Crippen molar-refractivity contribution in [2.75, 3.05) is 11.1 Å². The zero-order valence-electron chi connectivity index (χ0n) is 17.5. The minimum Gasteiger partial charge on any atom is -0.342 e. The topological polar surface area (TPSA) is 88.9 Å². The van der Waals surface area contributed by atoms with Crippen LogP contribution in [-0.4, -0.2) is 32.3 Å². The van der Waals surface area contributed by atoms with Crippen LogP contribution in [0, 0.1) is 5.82 Å². The molecule has 11 heteroatoms. The Morgan fingerprint density at radius 1 is 1.30 bits per heavy atom. The van der Waals surface area contributed by atoms with Gasteiger partial charge in [0, 0.05) is 16.7 Å². The molecule has 0 bridgehead atoms. The number of thioether (sulfide) groups is 1. The van der Waals surface area contributed by atoms with Crippen LogP contribution in [-0.2, 0) is 11.3 Å². The van der Waals surface area contributed by atoms with Crippen LogP contribution >= 0.6 is 39.3 Å². The second-order valence-electron chi connectivity index (χ2n) is 6.88. The van der Waals surface area contributed by atoms with Crippen molar-refractivity contribution in [2.24, 2.45) is 0 Å². The van der Waals surface area contributed by atoms with Crippen molar-refractivity contribution in [2.45, 2.75) is 24.7 Å². The zero-order valence-corrected chi connectivity index (χ0v) is 20.7. The smallest absolute Gasteiger partial charge is 0.254 e. The van der Waals surface area contributed by atoms with Crippen molar-refractivity contribution in [1.82, 2.24) is 20.1 Å². The molecule has 3 rings (SSSR count). The van der Waals surface area contributed by atoms with Crippen molar-refractivity contribution >= 4 is 56.8 Å². The lowest BCUT2D eigenvalue weighted by molar-refractivity contribution is -0.113. The largest absolute Gasteiger partial charge is 0.342 e.